The number of nitrogens with zero attached hydrogens (tertiary/aromatic N) is 6. The van der Waals surface area contributed by atoms with E-state index in [1.54, 1.807) is 17.1 Å². The average Bonchev–Trinajstić information content (AvgIpc) is 3.44. The first-order valence-electron chi connectivity index (χ1n) is 17.7. The van der Waals surface area contributed by atoms with E-state index >= 15 is 0 Å². The molecule has 4 heterocycles. The van der Waals surface area contributed by atoms with Crippen molar-refractivity contribution in [3.63, 3.8) is 0 Å². The van der Waals surface area contributed by atoms with Crippen molar-refractivity contribution in [2.24, 2.45) is 5.41 Å². The van der Waals surface area contributed by atoms with Crippen molar-refractivity contribution >= 4 is 11.7 Å². The molecule has 1 saturated heterocycles. The number of rotatable bonds is 9. The number of ether oxygens (including phenoxy) is 1. The van der Waals surface area contributed by atoms with Crippen LogP contribution in [0.15, 0.2) is 42.7 Å². The van der Waals surface area contributed by atoms with Crippen LogP contribution in [0, 0.1) is 32.0 Å². The molecular formula is C40H51FN6O3. The first kappa shape index (κ1) is 35.7. The van der Waals surface area contributed by atoms with E-state index in [0.717, 1.165) is 85.6 Å². The van der Waals surface area contributed by atoms with Gasteiger partial charge in [-0.2, -0.15) is 5.10 Å². The minimum atomic E-state index is -1.20. The fourth-order valence-electron chi connectivity index (χ4n) is 7.34. The van der Waals surface area contributed by atoms with Crippen molar-refractivity contribution in [1.29, 1.82) is 0 Å². The van der Waals surface area contributed by atoms with Crippen LogP contribution >= 0.6 is 0 Å². The lowest BCUT2D eigenvalue weighted by molar-refractivity contribution is -0.160. The van der Waals surface area contributed by atoms with Gasteiger partial charge in [0.05, 0.1) is 23.5 Å². The zero-order valence-corrected chi connectivity index (χ0v) is 30.8. The fourth-order valence-corrected chi connectivity index (χ4v) is 7.34. The van der Waals surface area contributed by atoms with E-state index in [0.29, 0.717) is 23.6 Å². The second-order valence-corrected chi connectivity index (χ2v) is 15.9. The lowest BCUT2D eigenvalue weighted by Crippen LogP contribution is -2.39. The van der Waals surface area contributed by atoms with Gasteiger partial charge in [0.25, 0.3) is 0 Å². The number of halogens is 1. The lowest BCUT2D eigenvalue weighted by atomic mass is 9.81. The zero-order chi connectivity index (χ0) is 36.0. The number of pyridine rings is 1. The van der Waals surface area contributed by atoms with Crippen LogP contribution in [-0.2, 0) is 35.6 Å². The van der Waals surface area contributed by atoms with Crippen molar-refractivity contribution in [1.82, 2.24) is 24.6 Å². The molecule has 0 bridgehead atoms. The van der Waals surface area contributed by atoms with Crippen LogP contribution < -0.4 is 4.90 Å². The summed E-state index contributed by atoms with van der Waals surface area (Å²) in [7, 11) is 0. The summed E-state index contributed by atoms with van der Waals surface area (Å²) in [6, 6.07) is 11.7. The van der Waals surface area contributed by atoms with Gasteiger partial charge in [-0.05, 0) is 106 Å². The second-order valence-electron chi connectivity index (χ2n) is 15.9. The van der Waals surface area contributed by atoms with E-state index in [1.165, 1.54) is 17.2 Å². The maximum Gasteiger partial charge on any atom is 0.337 e. The van der Waals surface area contributed by atoms with Gasteiger partial charge in [-0.25, -0.2) is 18.9 Å². The van der Waals surface area contributed by atoms with E-state index < -0.39 is 17.7 Å². The van der Waals surface area contributed by atoms with Crippen LogP contribution in [0.5, 0.6) is 0 Å². The number of carboxylic acid groups (broad SMARTS) is 1. The van der Waals surface area contributed by atoms with E-state index in [-0.39, 0.29) is 11.2 Å². The van der Waals surface area contributed by atoms with Crippen molar-refractivity contribution in [3.8, 4) is 11.1 Å². The summed E-state index contributed by atoms with van der Waals surface area (Å²) < 4.78 is 21.9. The quantitative estimate of drug-likeness (QED) is 0.193. The highest BCUT2D eigenvalue weighted by Gasteiger charge is 2.37. The molecular weight excluding hydrogens is 631 g/mol. The van der Waals surface area contributed by atoms with Gasteiger partial charge < -0.3 is 14.7 Å². The minimum absolute atomic E-state index is 0.193. The van der Waals surface area contributed by atoms with Gasteiger partial charge in [-0.1, -0.05) is 38.1 Å². The summed E-state index contributed by atoms with van der Waals surface area (Å²) in [6.07, 6.45) is 3.35. The number of anilines is 1. The monoisotopic (exact) mass is 682 g/mol. The summed E-state index contributed by atoms with van der Waals surface area (Å²) >= 11 is 0. The molecule has 10 heteroatoms. The topological polar surface area (TPSA) is 96.6 Å². The first-order chi connectivity index (χ1) is 23.6. The molecule has 4 aromatic rings. The Morgan fingerprint density at radius 1 is 1.02 bits per heavy atom. The Labute approximate surface area is 295 Å². The number of aromatic nitrogens is 4. The summed E-state index contributed by atoms with van der Waals surface area (Å²) in [5.41, 5.74) is 9.02. The number of hydrogen-bond acceptors (Lipinski definition) is 7. The van der Waals surface area contributed by atoms with Crippen molar-refractivity contribution in [3.05, 3.63) is 93.6 Å². The summed E-state index contributed by atoms with van der Waals surface area (Å²) in [5.74, 6) is -0.560. The molecule has 1 fully saturated rings. The smallest absolute Gasteiger partial charge is 0.337 e. The van der Waals surface area contributed by atoms with E-state index in [4.69, 9.17) is 9.72 Å². The Hall–Kier alpha value is -4.15. The van der Waals surface area contributed by atoms with Crippen LogP contribution in [0.1, 0.15) is 98.6 Å². The Kier molecular flexibility index (Phi) is 9.89. The van der Waals surface area contributed by atoms with Crippen LogP contribution in [0.4, 0.5) is 10.1 Å². The molecule has 1 unspecified atom stereocenters. The molecule has 2 aromatic carbocycles. The molecule has 2 aliphatic heterocycles. The van der Waals surface area contributed by atoms with Crippen molar-refractivity contribution < 1.29 is 19.0 Å². The molecule has 2 aromatic heterocycles. The summed E-state index contributed by atoms with van der Waals surface area (Å²) in [4.78, 5) is 27.4. The molecule has 0 amide bonds. The Balaban J connectivity index is 1.49. The number of aliphatic carboxylic acids is 1. The Morgan fingerprint density at radius 3 is 2.40 bits per heavy atom. The van der Waals surface area contributed by atoms with Crippen LogP contribution in [0.3, 0.4) is 0 Å². The number of piperidine rings is 1. The molecule has 0 spiro atoms. The van der Waals surface area contributed by atoms with Gasteiger partial charge in [0, 0.05) is 49.5 Å². The molecule has 0 aliphatic carbocycles. The van der Waals surface area contributed by atoms with Crippen molar-refractivity contribution in [2.75, 3.05) is 24.5 Å². The summed E-state index contributed by atoms with van der Waals surface area (Å²) in [5, 5.41) is 15.3. The minimum Gasteiger partial charge on any atom is -0.479 e. The fraction of sp³-hybridized carbons (Fsp3) is 0.500. The molecule has 1 atom stereocenters. The molecule has 1 N–H and O–H groups in total. The van der Waals surface area contributed by atoms with Crippen LogP contribution in [0.2, 0.25) is 0 Å². The third-order valence-electron chi connectivity index (χ3n) is 10.1. The molecule has 0 radical (unpaired) electrons. The predicted octanol–water partition coefficient (Wildman–Crippen LogP) is 7.58. The van der Waals surface area contributed by atoms with Gasteiger partial charge in [0.2, 0.25) is 0 Å². The number of hydrogen-bond donors (Lipinski definition) is 1. The maximum atomic E-state index is 13.8. The number of carbonyl (C=O) groups is 1. The molecule has 9 nitrogen and oxygen atoms in total. The largest absolute Gasteiger partial charge is 0.479 e. The molecule has 50 heavy (non-hydrogen) atoms. The molecule has 266 valence electrons. The van der Waals surface area contributed by atoms with E-state index in [2.05, 4.69) is 51.9 Å². The van der Waals surface area contributed by atoms with Crippen LogP contribution in [-0.4, -0.2) is 61.0 Å². The number of aryl methyl sites for hydroxylation is 3. The van der Waals surface area contributed by atoms with Crippen molar-refractivity contribution in [2.45, 2.75) is 106 Å². The van der Waals surface area contributed by atoms with E-state index in [1.807, 2.05) is 47.6 Å². The predicted molar refractivity (Wildman–Crippen MR) is 194 cm³/mol. The van der Waals surface area contributed by atoms with E-state index in [9.17, 15) is 14.3 Å². The Morgan fingerprint density at radius 2 is 1.76 bits per heavy atom. The average molecular weight is 683 g/mol. The lowest BCUT2D eigenvalue weighted by Gasteiger charge is -2.41. The summed E-state index contributed by atoms with van der Waals surface area (Å²) in [6.45, 7) is 20.4. The molecule has 0 saturated carbocycles. The normalized spacial score (nSPS) is 17.1. The standard InChI is InChI=1S/C40H51FN6O3/c1-25-19-32(41)12-11-30(25)21-45-16-13-28-20-29(9-10-31(28)22-45)35-33(23-47-24-42-27(3)44-47)43-26(2)34(37(38(48)49)50-39(4,5)6)36(35)46-17-14-40(7,8)15-18-46/h9-12,19-20,24,37H,13-18,21-23H2,1-8H3,(H,48,49). The highest BCUT2D eigenvalue weighted by molar-refractivity contribution is 5.88. The first-order valence-corrected chi connectivity index (χ1v) is 17.7. The van der Waals surface area contributed by atoms with Gasteiger partial charge >= 0.3 is 5.97 Å². The van der Waals surface area contributed by atoms with Gasteiger partial charge in [-0.3, -0.25) is 9.88 Å². The molecule has 2 aliphatic rings. The number of carboxylic acids is 1. The molecule has 6 rings (SSSR count). The van der Waals surface area contributed by atoms with Gasteiger partial charge in [-0.15, -0.1) is 0 Å². The van der Waals surface area contributed by atoms with Crippen LogP contribution in [0.25, 0.3) is 11.1 Å². The third kappa shape index (κ3) is 7.92. The Bertz CT molecular complexity index is 1880. The number of fused-ring (bicyclic) bond motifs is 1. The number of benzene rings is 2. The highest BCUT2D eigenvalue weighted by Crippen LogP contribution is 2.45. The highest BCUT2D eigenvalue weighted by atomic mass is 19.1. The third-order valence-corrected chi connectivity index (χ3v) is 10.1. The van der Waals surface area contributed by atoms with Gasteiger partial charge in [0.1, 0.15) is 18.0 Å². The maximum absolute atomic E-state index is 13.8. The zero-order valence-electron chi connectivity index (χ0n) is 30.8. The second kappa shape index (κ2) is 13.9. The van der Waals surface area contributed by atoms with Gasteiger partial charge in [0.15, 0.2) is 6.10 Å². The SMILES string of the molecule is Cc1ncn(Cc2nc(C)c(C(OC(C)(C)C)C(=O)O)c(N3CCC(C)(C)CC3)c2-c2ccc3c(c2)CCN(Cc2ccc(F)cc2C)C3)n1.